The maximum absolute atomic E-state index is 11.5. The van der Waals surface area contributed by atoms with Crippen LogP contribution in [0, 0.1) is 0 Å². The maximum atomic E-state index is 11.5. The molecule has 0 spiro atoms. The second-order valence-electron chi connectivity index (χ2n) is 5.33. The first-order valence-electron chi connectivity index (χ1n) is 7.74. The topological polar surface area (TPSA) is 67.3 Å². The molecular weight excluding hydrogens is 316 g/mol. The van der Waals surface area contributed by atoms with Crippen LogP contribution in [0.3, 0.4) is 0 Å². The molecule has 25 heavy (non-hydrogen) atoms. The normalized spacial score (nSPS) is 10.2. The molecular formula is C19H18N4O2. The number of esters is 1. The summed E-state index contributed by atoms with van der Waals surface area (Å²) in [6, 6.07) is 18.7. The summed E-state index contributed by atoms with van der Waals surface area (Å²) >= 11 is 0. The first-order valence-corrected chi connectivity index (χ1v) is 7.74. The van der Waals surface area contributed by atoms with E-state index in [-0.39, 0.29) is 5.97 Å². The van der Waals surface area contributed by atoms with Crippen LogP contribution in [0.15, 0.2) is 66.9 Å². The third-order valence-electron chi connectivity index (χ3n) is 3.66. The van der Waals surface area contributed by atoms with Gasteiger partial charge in [0.2, 0.25) is 5.95 Å². The number of nitrogens with one attached hydrogen (secondary N) is 1. The van der Waals surface area contributed by atoms with Crippen molar-refractivity contribution < 1.29 is 9.53 Å². The van der Waals surface area contributed by atoms with Crippen molar-refractivity contribution in [3.63, 3.8) is 0 Å². The molecule has 1 heterocycles. The number of nitrogens with zero attached hydrogens (tertiary/aromatic N) is 3. The first kappa shape index (κ1) is 16.4. The minimum absolute atomic E-state index is 0.361. The molecule has 0 bridgehead atoms. The Morgan fingerprint density at radius 3 is 2.44 bits per heavy atom. The molecule has 0 radical (unpaired) electrons. The molecule has 6 nitrogen and oxygen atoms in total. The number of hydrogen-bond donors (Lipinski definition) is 1. The molecule has 0 amide bonds. The number of rotatable bonds is 5. The van der Waals surface area contributed by atoms with E-state index in [0.29, 0.717) is 17.3 Å². The molecule has 0 unspecified atom stereocenters. The number of para-hydroxylation sites is 1. The van der Waals surface area contributed by atoms with Gasteiger partial charge in [-0.2, -0.15) is 4.98 Å². The molecule has 3 rings (SSSR count). The van der Waals surface area contributed by atoms with Gasteiger partial charge in [0.25, 0.3) is 0 Å². The highest BCUT2D eigenvalue weighted by atomic mass is 16.5. The molecule has 0 aliphatic rings. The number of ether oxygens (including phenoxy) is 1. The van der Waals surface area contributed by atoms with E-state index in [1.54, 1.807) is 36.5 Å². The van der Waals surface area contributed by atoms with Gasteiger partial charge < -0.3 is 15.0 Å². The van der Waals surface area contributed by atoms with E-state index in [2.05, 4.69) is 15.3 Å². The average Bonchev–Trinajstić information content (AvgIpc) is 2.68. The third-order valence-corrected chi connectivity index (χ3v) is 3.66. The van der Waals surface area contributed by atoms with E-state index >= 15 is 0 Å². The Balaban J connectivity index is 1.77. The van der Waals surface area contributed by atoms with E-state index in [0.717, 1.165) is 11.4 Å². The van der Waals surface area contributed by atoms with Crippen molar-refractivity contribution in [1.29, 1.82) is 0 Å². The fraction of sp³-hybridized carbons (Fsp3) is 0.105. The van der Waals surface area contributed by atoms with E-state index in [4.69, 9.17) is 4.74 Å². The predicted octanol–water partition coefficient (Wildman–Crippen LogP) is 3.77. The highest BCUT2D eigenvalue weighted by Gasteiger charge is 2.08. The van der Waals surface area contributed by atoms with Crippen LogP contribution in [0.4, 0.5) is 23.1 Å². The van der Waals surface area contributed by atoms with Crippen LogP contribution >= 0.6 is 0 Å². The van der Waals surface area contributed by atoms with Crippen molar-refractivity contribution in [2.45, 2.75) is 0 Å². The van der Waals surface area contributed by atoms with Gasteiger partial charge in [0, 0.05) is 24.6 Å². The molecule has 1 aromatic heterocycles. The fourth-order valence-electron chi connectivity index (χ4n) is 2.30. The summed E-state index contributed by atoms with van der Waals surface area (Å²) in [5.41, 5.74) is 2.32. The summed E-state index contributed by atoms with van der Waals surface area (Å²) in [6.45, 7) is 0. The van der Waals surface area contributed by atoms with Gasteiger partial charge in [0.15, 0.2) is 0 Å². The molecule has 126 valence electrons. The lowest BCUT2D eigenvalue weighted by atomic mass is 10.2. The van der Waals surface area contributed by atoms with Gasteiger partial charge in [-0.25, -0.2) is 9.78 Å². The number of carbonyl (C=O) groups is 1. The Kier molecular flexibility index (Phi) is 4.89. The summed E-state index contributed by atoms with van der Waals surface area (Å²) in [7, 11) is 3.28. The lowest BCUT2D eigenvalue weighted by Gasteiger charge is -2.17. The van der Waals surface area contributed by atoms with Gasteiger partial charge in [-0.1, -0.05) is 18.2 Å². The van der Waals surface area contributed by atoms with Crippen molar-refractivity contribution in [3.8, 4) is 0 Å². The molecule has 0 fully saturated rings. The van der Waals surface area contributed by atoms with Gasteiger partial charge in [-0.3, -0.25) is 0 Å². The average molecular weight is 334 g/mol. The SMILES string of the molecule is COC(=O)c1ccc(Nc2ccnc(N(C)c3ccccc3)n2)cc1. The van der Waals surface area contributed by atoms with Gasteiger partial charge >= 0.3 is 5.97 Å². The molecule has 3 aromatic rings. The predicted molar refractivity (Wildman–Crippen MR) is 97.6 cm³/mol. The maximum Gasteiger partial charge on any atom is 0.337 e. The molecule has 0 aliphatic heterocycles. The number of anilines is 4. The number of benzene rings is 2. The Hall–Kier alpha value is -3.41. The van der Waals surface area contributed by atoms with E-state index in [1.807, 2.05) is 42.3 Å². The number of carbonyl (C=O) groups excluding carboxylic acids is 1. The lowest BCUT2D eigenvalue weighted by Crippen LogP contribution is -2.13. The zero-order valence-corrected chi connectivity index (χ0v) is 14.0. The van der Waals surface area contributed by atoms with E-state index < -0.39 is 0 Å². The monoisotopic (exact) mass is 334 g/mol. The molecule has 0 saturated carbocycles. The quantitative estimate of drug-likeness (QED) is 0.716. The van der Waals surface area contributed by atoms with Crippen molar-refractivity contribution in [2.24, 2.45) is 0 Å². The minimum Gasteiger partial charge on any atom is -0.465 e. The van der Waals surface area contributed by atoms with Crippen LogP contribution in [-0.2, 0) is 4.74 Å². The molecule has 1 N–H and O–H groups in total. The zero-order chi connectivity index (χ0) is 17.6. The zero-order valence-electron chi connectivity index (χ0n) is 14.0. The van der Waals surface area contributed by atoms with E-state index in [9.17, 15) is 4.79 Å². The Labute approximate surface area is 146 Å². The minimum atomic E-state index is -0.361. The molecule has 2 aromatic carbocycles. The van der Waals surface area contributed by atoms with Crippen LogP contribution in [-0.4, -0.2) is 30.1 Å². The summed E-state index contributed by atoms with van der Waals surface area (Å²) in [5, 5.41) is 3.20. The van der Waals surface area contributed by atoms with Crippen LogP contribution in [0.1, 0.15) is 10.4 Å². The van der Waals surface area contributed by atoms with Crippen LogP contribution in [0.25, 0.3) is 0 Å². The van der Waals surface area contributed by atoms with Crippen molar-refractivity contribution in [2.75, 3.05) is 24.4 Å². The van der Waals surface area contributed by atoms with Crippen molar-refractivity contribution >= 4 is 29.1 Å². The summed E-state index contributed by atoms with van der Waals surface area (Å²) in [6.07, 6.45) is 1.70. The highest BCUT2D eigenvalue weighted by Crippen LogP contribution is 2.22. The molecule has 6 heteroatoms. The number of methoxy groups -OCH3 is 1. The van der Waals surface area contributed by atoms with Gasteiger partial charge in [-0.15, -0.1) is 0 Å². The van der Waals surface area contributed by atoms with Crippen molar-refractivity contribution in [3.05, 3.63) is 72.4 Å². The van der Waals surface area contributed by atoms with Gasteiger partial charge in [-0.05, 0) is 42.5 Å². The largest absolute Gasteiger partial charge is 0.465 e. The summed E-state index contributed by atoms with van der Waals surface area (Å²) in [4.78, 5) is 22.2. The number of aromatic nitrogens is 2. The van der Waals surface area contributed by atoms with Crippen molar-refractivity contribution in [1.82, 2.24) is 9.97 Å². The Morgan fingerprint density at radius 1 is 1.04 bits per heavy atom. The Morgan fingerprint density at radius 2 is 1.76 bits per heavy atom. The van der Waals surface area contributed by atoms with E-state index in [1.165, 1.54) is 7.11 Å². The first-order chi connectivity index (χ1) is 12.2. The lowest BCUT2D eigenvalue weighted by molar-refractivity contribution is 0.0601. The van der Waals surface area contributed by atoms with Gasteiger partial charge in [0.05, 0.1) is 12.7 Å². The summed E-state index contributed by atoms with van der Waals surface area (Å²) < 4.78 is 4.69. The fourth-order valence-corrected chi connectivity index (χ4v) is 2.30. The second kappa shape index (κ2) is 7.44. The number of hydrogen-bond acceptors (Lipinski definition) is 6. The smallest absolute Gasteiger partial charge is 0.337 e. The van der Waals surface area contributed by atoms with Crippen LogP contribution < -0.4 is 10.2 Å². The van der Waals surface area contributed by atoms with Crippen LogP contribution in [0.5, 0.6) is 0 Å². The third kappa shape index (κ3) is 3.92. The molecule has 0 aliphatic carbocycles. The highest BCUT2D eigenvalue weighted by molar-refractivity contribution is 5.89. The van der Waals surface area contributed by atoms with Crippen LogP contribution in [0.2, 0.25) is 0 Å². The molecule has 0 atom stereocenters. The van der Waals surface area contributed by atoms with Gasteiger partial charge in [0.1, 0.15) is 5.82 Å². The second-order valence-corrected chi connectivity index (χ2v) is 5.33. The summed E-state index contributed by atoms with van der Waals surface area (Å²) in [5.74, 6) is 0.890. The Bertz CT molecular complexity index is 851. The standard InChI is InChI=1S/C19H18N4O2/c1-23(16-6-4-3-5-7-16)19-20-13-12-17(22-19)21-15-10-8-14(9-11-15)18(24)25-2/h3-13H,1-2H3,(H,20,21,22). The molecule has 0 saturated heterocycles.